The first kappa shape index (κ1) is 17.0. The number of benzene rings is 1. The zero-order chi connectivity index (χ0) is 16.0. The zero-order valence-corrected chi connectivity index (χ0v) is 10.8. The third-order valence-electron chi connectivity index (χ3n) is 2.75. The van der Waals surface area contributed by atoms with Gasteiger partial charge in [-0.25, -0.2) is 4.79 Å². The van der Waals surface area contributed by atoms with Crippen molar-refractivity contribution in [1.29, 1.82) is 0 Å². The van der Waals surface area contributed by atoms with Gasteiger partial charge in [0.25, 0.3) is 5.91 Å². The molecule has 0 fully saturated rings. The van der Waals surface area contributed by atoms with E-state index in [1.165, 1.54) is 12.1 Å². The minimum atomic E-state index is -4.81. The van der Waals surface area contributed by atoms with E-state index < -0.39 is 43.0 Å². The molecule has 3 N–H and O–H groups in total. The number of halogens is 3. The number of nitrogens with one attached hydrogen (secondary N) is 1. The molecule has 0 heterocycles. The second-order valence-corrected chi connectivity index (χ2v) is 4.37. The number of rotatable bonds is 6. The summed E-state index contributed by atoms with van der Waals surface area (Å²) in [6.07, 6.45) is -8.77. The van der Waals surface area contributed by atoms with Crippen molar-refractivity contribution in [3.8, 4) is 0 Å². The molecule has 1 aromatic rings. The molecule has 21 heavy (non-hydrogen) atoms. The maximum atomic E-state index is 12.1. The topological polar surface area (TPSA) is 86.6 Å². The number of aliphatic carboxylic acids is 1. The predicted molar refractivity (Wildman–Crippen MR) is 66.6 cm³/mol. The second-order valence-electron chi connectivity index (χ2n) is 4.37. The standard InChI is InChI=1S/C13H14F3NO4/c14-13(15,16)10(18)7-6-9(12(20)21)17-11(19)8-4-2-1-3-5-8/h1-5,9-10,18H,6-7H2,(H,17,19)(H,20,21)/t9-,10-/m0/s1. The summed E-state index contributed by atoms with van der Waals surface area (Å²) in [4.78, 5) is 22.7. The summed E-state index contributed by atoms with van der Waals surface area (Å²) in [5, 5.41) is 19.9. The van der Waals surface area contributed by atoms with Gasteiger partial charge in [-0.1, -0.05) is 18.2 Å². The van der Waals surface area contributed by atoms with E-state index >= 15 is 0 Å². The number of alkyl halides is 3. The molecule has 1 aromatic carbocycles. The number of hydrogen-bond donors (Lipinski definition) is 3. The quantitative estimate of drug-likeness (QED) is 0.744. The normalized spacial score (nSPS) is 14.3. The Labute approximate surface area is 118 Å². The minimum absolute atomic E-state index is 0.195. The Kier molecular flexibility index (Phi) is 5.71. The van der Waals surface area contributed by atoms with Crippen molar-refractivity contribution >= 4 is 11.9 Å². The largest absolute Gasteiger partial charge is 0.480 e. The van der Waals surface area contributed by atoms with Crippen molar-refractivity contribution in [2.45, 2.75) is 31.2 Å². The number of carbonyl (C=O) groups excluding carboxylic acids is 1. The Balaban J connectivity index is 2.63. The molecule has 8 heteroatoms. The number of hydrogen-bond acceptors (Lipinski definition) is 3. The van der Waals surface area contributed by atoms with Crippen LogP contribution in [-0.4, -0.2) is 40.4 Å². The molecule has 116 valence electrons. The van der Waals surface area contributed by atoms with Gasteiger partial charge in [-0.3, -0.25) is 4.79 Å². The van der Waals surface area contributed by atoms with E-state index in [0.717, 1.165) is 0 Å². The maximum absolute atomic E-state index is 12.1. The summed E-state index contributed by atoms with van der Waals surface area (Å²) < 4.78 is 36.4. The number of aliphatic hydroxyl groups excluding tert-OH is 1. The van der Waals surface area contributed by atoms with E-state index in [0.29, 0.717) is 0 Å². The van der Waals surface area contributed by atoms with Gasteiger partial charge in [0.05, 0.1) is 0 Å². The Morgan fingerprint density at radius 2 is 1.71 bits per heavy atom. The van der Waals surface area contributed by atoms with Gasteiger partial charge in [0, 0.05) is 5.56 Å². The monoisotopic (exact) mass is 305 g/mol. The first-order chi connectivity index (χ1) is 9.71. The lowest BCUT2D eigenvalue weighted by Crippen LogP contribution is -2.42. The summed E-state index contributed by atoms with van der Waals surface area (Å²) in [6, 6.07) is 6.17. The van der Waals surface area contributed by atoms with Gasteiger partial charge >= 0.3 is 12.1 Å². The molecule has 0 saturated heterocycles. The van der Waals surface area contributed by atoms with E-state index in [-0.39, 0.29) is 5.56 Å². The highest BCUT2D eigenvalue weighted by molar-refractivity contribution is 5.96. The summed E-state index contributed by atoms with van der Waals surface area (Å²) in [7, 11) is 0. The Morgan fingerprint density at radius 3 is 2.19 bits per heavy atom. The Bertz CT molecular complexity index is 490. The maximum Gasteiger partial charge on any atom is 0.414 e. The molecule has 0 saturated carbocycles. The highest BCUT2D eigenvalue weighted by Crippen LogP contribution is 2.23. The van der Waals surface area contributed by atoms with Gasteiger partial charge in [0.2, 0.25) is 0 Å². The van der Waals surface area contributed by atoms with E-state index in [1.54, 1.807) is 18.2 Å². The fourth-order valence-corrected chi connectivity index (χ4v) is 1.58. The number of aliphatic hydroxyl groups is 1. The lowest BCUT2D eigenvalue weighted by atomic mass is 10.1. The molecule has 0 aromatic heterocycles. The minimum Gasteiger partial charge on any atom is -0.480 e. The Hall–Kier alpha value is -2.09. The second kappa shape index (κ2) is 7.07. The van der Waals surface area contributed by atoms with Crippen LogP contribution >= 0.6 is 0 Å². The van der Waals surface area contributed by atoms with E-state index in [9.17, 15) is 22.8 Å². The molecule has 0 radical (unpaired) electrons. The number of carbonyl (C=O) groups is 2. The number of carboxylic acids is 1. The molecule has 0 spiro atoms. The molecule has 0 aliphatic rings. The smallest absolute Gasteiger partial charge is 0.414 e. The molecular formula is C13H14F3NO4. The molecule has 0 aliphatic carbocycles. The van der Waals surface area contributed by atoms with Crippen LogP contribution in [0, 0.1) is 0 Å². The fourth-order valence-electron chi connectivity index (χ4n) is 1.58. The fraction of sp³-hybridized carbons (Fsp3) is 0.385. The lowest BCUT2D eigenvalue weighted by Gasteiger charge is -2.18. The van der Waals surface area contributed by atoms with Crippen molar-refractivity contribution in [1.82, 2.24) is 5.32 Å². The van der Waals surface area contributed by atoms with Crippen molar-refractivity contribution < 1.29 is 33.0 Å². The van der Waals surface area contributed by atoms with Crippen molar-refractivity contribution in [3.05, 3.63) is 35.9 Å². The van der Waals surface area contributed by atoms with Crippen LogP contribution in [0.5, 0.6) is 0 Å². The lowest BCUT2D eigenvalue weighted by molar-refractivity contribution is -0.206. The van der Waals surface area contributed by atoms with E-state index in [2.05, 4.69) is 5.32 Å². The highest BCUT2D eigenvalue weighted by atomic mass is 19.4. The molecule has 1 rings (SSSR count). The van der Waals surface area contributed by atoms with Crippen molar-refractivity contribution in [3.63, 3.8) is 0 Å². The van der Waals surface area contributed by atoms with Gasteiger partial charge in [0.1, 0.15) is 12.1 Å². The van der Waals surface area contributed by atoms with Crippen molar-refractivity contribution in [2.75, 3.05) is 0 Å². The van der Waals surface area contributed by atoms with Gasteiger partial charge in [-0.05, 0) is 25.0 Å². The summed E-state index contributed by atoms with van der Waals surface area (Å²) >= 11 is 0. The molecule has 5 nitrogen and oxygen atoms in total. The third kappa shape index (κ3) is 5.42. The molecule has 0 bridgehead atoms. The molecule has 0 unspecified atom stereocenters. The molecular weight excluding hydrogens is 291 g/mol. The van der Waals surface area contributed by atoms with Crippen LogP contribution in [0.2, 0.25) is 0 Å². The SMILES string of the molecule is O=C(N[C@@H](CC[C@H](O)C(F)(F)F)C(=O)O)c1ccccc1. The van der Waals surface area contributed by atoms with E-state index in [4.69, 9.17) is 10.2 Å². The van der Waals surface area contributed by atoms with Gasteiger partial charge in [-0.2, -0.15) is 13.2 Å². The summed E-state index contributed by atoms with van der Waals surface area (Å²) in [5.74, 6) is -2.17. The molecule has 0 aliphatic heterocycles. The predicted octanol–water partition coefficient (Wildman–Crippen LogP) is 1.57. The van der Waals surface area contributed by atoms with Crippen LogP contribution in [0.25, 0.3) is 0 Å². The van der Waals surface area contributed by atoms with E-state index in [1.807, 2.05) is 0 Å². The van der Waals surface area contributed by atoms with Crippen LogP contribution in [0.3, 0.4) is 0 Å². The number of carboxylic acid groups (broad SMARTS) is 1. The highest BCUT2D eigenvalue weighted by Gasteiger charge is 2.38. The van der Waals surface area contributed by atoms with Crippen LogP contribution in [0.1, 0.15) is 23.2 Å². The molecule has 2 atom stereocenters. The van der Waals surface area contributed by atoms with Gasteiger partial charge in [-0.15, -0.1) is 0 Å². The van der Waals surface area contributed by atoms with Crippen molar-refractivity contribution in [2.24, 2.45) is 0 Å². The summed E-state index contributed by atoms with van der Waals surface area (Å²) in [6.45, 7) is 0. The van der Waals surface area contributed by atoms with Crippen LogP contribution < -0.4 is 5.32 Å². The van der Waals surface area contributed by atoms with Gasteiger partial charge < -0.3 is 15.5 Å². The zero-order valence-electron chi connectivity index (χ0n) is 10.8. The van der Waals surface area contributed by atoms with Crippen LogP contribution in [0.4, 0.5) is 13.2 Å². The summed E-state index contributed by atoms with van der Waals surface area (Å²) in [5.41, 5.74) is 0.195. The van der Waals surface area contributed by atoms with Crippen LogP contribution in [0.15, 0.2) is 30.3 Å². The first-order valence-corrected chi connectivity index (χ1v) is 6.05. The Morgan fingerprint density at radius 1 is 1.14 bits per heavy atom. The van der Waals surface area contributed by atoms with Gasteiger partial charge in [0.15, 0.2) is 0 Å². The average molecular weight is 305 g/mol. The third-order valence-corrected chi connectivity index (χ3v) is 2.75. The number of amides is 1. The first-order valence-electron chi connectivity index (χ1n) is 6.05. The van der Waals surface area contributed by atoms with Crippen LogP contribution in [-0.2, 0) is 4.79 Å². The molecule has 1 amide bonds. The average Bonchev–Trinajstić information content (AvgIpc) is 2.42.